The highest BCUT2D eigenvalue weighted by Crippen LogP contribution is 2.55. The van der Waals surface area contributed by atoms with Crippen LogP contribution in [0.1, 0.15) is 27.4 Å². The Balaban J connectivity index is 1.79. The molecule has 2 aliphatic rings. The summed E-state index contributed by atoms with van der Waals surface area (Å²) in [6.45, 7) is 0. The zero-order chi connectivity index (χ0) is 23.2. The lowest BCUT2D eigenvalue weighted by Crippen LogP contribution is -2.44. The number of ketones is 1. The molecule has 3 aromatic rings. The second-order valence-electron chi connectivity index (χ2n) is 8.21. The molecule has 0 amide bonds. The number of halogens is 2. The Bertz CT molecular complexity index is 1360. The highest BCUT2D eigenvalue weighted by molar-refractivity contribution is 9.10. The number of fused-ring (bicyclic) bond motifs is 3. The molecule has 33 heavy (non-hydrogen) atoms. The van der Waals surface area contributed by atoms with Crippen LogP contribution in [0.4, 0.5) is 5.69 Å². The second-order valence-corrected chi connectivity index (χ2v) is 9.57. The van der Waals surface area contributed by atoms with E-state index in [4.69, 9.17) is 11.6 Å². The fourth-order valence-corrected chi connectivity index (χ4v) is 5.69. The maximum Gasteiger partial charge on any atom is 0.186 e. The summed E-state index contributed by atoms with van der Waals surface area (Å²) in [6.07, 6.45) is 3.75. The average molecular weight is 515 g/mol. The van der Waals surface area contributed by atoms with Crippen molar-refractivity contribution < 1.29 is 4.79 Å². The number of Topliss-reactive ketones (excluding diaryl/α,β-unsaturated/α-hetero) is 1. The fraction of sp³-hybridized carbons (Fsp3) is 0.148. The SMILES string of the molecule is N#CC1(C#N)[C@@H]2C=Cc3cc(Cl)ccc3N2[C@H](C(=O)c2cccc(Br)c2)[C@@H]1c1ccccc1. The number of hydrogen-bond donors (Lipinski definition) is 0. The first-order chi connectivity index (χ1) is 16.0. The number of carbonyl (C=O) groups excluding carboxylic acids is 1. The Kier molecular flexibility index (Phi) is 5.33. The number of anilines is 1. The van der Waals surface area contributed by atoms with Crippen molar-refractivity contribution in [2.75, 3.05) is 4.90 Å². The van der Waals surface area contributed by atoms with Crippen LogP contribution in [0.5, 0.6) is 0 Å². The zero-order valence-corrected chi connectivity index (χ0v) is 19.7. The molecule has 0 spiro atoms. The van der Waals surface area contributed by atoms with E-state index in [1.807, 2.05) is 71.6 Å². The van der Waals surface area contributed by atoms with Gasteiger partial charge >= 0.3 is 0 Å². The molecule has 0 saturated carbocycles. The second kappa shape index (κ2) is 8.19. The molecule has 2 aliphatic heterocycles. The Morgan fingerprint density at radius 2 is 1.76 bits per heavy atom. The molecule has 4 nitrogen and oxygen atoms in total. The van der Waals surface area contributed by atoms with Gasteiger partial charge in [0.1, 0.15) is 6.04 Å². The van der Waals surface area contributed by atoms with Crippen LogP contribution in [-0.2, 0) is 0 Å². The van der Waals surface area contributed by atoms with Gasteiger partial charge in [-0.2, -0.15) is 10.5 Å². The molecule has 0 aromatic heterocycles. The van der Waals surface area contributed by atoms with Crippen LogP contribution in [-0.4, -0.2) is 17.9 Å². The van der Waals surface area contributed by atoms with E-state index in [-0.39, 0.29) is 5.78 Å². The standard InChI is InChI=1S/C27H17BrClN3O/c28-20-8-4-7-19(13-20)26(33)25-24(17-5-2-1-3-6-17)27(15-30,16-31)23-12-9-18-14-21(29)10-11-22(18)32(23)25/h1-14,23-25H/t23-,24-,25-/m0/s1. The first-order valence-electron chi connectivity index (χ1n) is 10.4. The van der Waals surface area contributed by atoms with Crippen LogP contribution >= 0.6 is 27.5 Å². The smallest absolute Gasteiger partial charge is 0.186 e. The quantitative estimate of drug-likeness (QED) is 0.380. The highest BCUT2D eigenvalue weighted by atomic mass is 79.9. The Labute approximate surface area is 205 Å². The zero-order valence-electron chi connectivity index (χ0n) is 17.3. The normalized spacial score (nSPS) is 22.1. The maximum absolute atomic E-state index is 14.1. The molecule has 3 atom stereocenters. The van der Waals surface area contributed by atoms with Gasteiger partial charge in [-0.3, -0.25) is 4.79 Å². The molecule has 0 radical (unpaired) electrons. The van der Waals surface area contributed by atoms with E-state index in [1.165, 1.54) is 0 Å². The molecule has 6 heteroatoms. The van der Waals surface area contributed by atoms with Crippen LogP contribution in [0.15, 0.2) is 83.3 Å². The lowest BCUT2D eigenvalue weighted by atomic mass is 9.69. The molecule has 5 rings (SSSR count). The molecular formula is C27H17BrClN3O. The molecule has 0 bridgehead atoms. The van der Waals surface area contributed by atoms with Crippen molar-refractivity contribution in [1.29, 1.82) is 10.5 Å². The van der Waals surface area contributed by atoms with E-state index >= 15 is 0 Å². The van der Waals surface area contributed by atoms with Gasteiger partial charge in [0.2, 0.25) is 0 Å². The highest BCUT2D eigenvalue weighted by Gasteiger charge is 2.63. The van der Waals surface area contributed by atoms with Crippen LogP contribution in [0.3, 0.4) is 0 Å². The third-order valence-corrected chi connectivity index (χ3v) is 7.23. The van der Waals surface area contributed by atoms with Gasteiger partial charge in [0.25, 0.3) is 0 Å². The van der Waals surface area contributed by atoms with E-state index in [0.29, 0.717) is 10.6 Å². The first-order valence-corrected chi connectivity index (χ1v) is 11.6. The van der Waals surface area contributed by atoms with Crippen LogP contribution in [0, 0.1) is 28.1 Å². The summed E-state index contributed by atoms with van der Waals surface area (Å²) in [5.41, 5.74) is 1.48. The van der Waals surface area contributed by atoms with Crippen LogP contribution < -0.4 is 4.90 Å². The summed E-state index contributed by atoms with van der Waals surface area (Å²) >= 11 is 9.69. The molecular weight excluding hydrogens is 498 g/mol. The fourth-order valence-electron chi connectivity index (χ4n) is 5.11. The van der Waals surface area contributed by atoms with Gasteiger partial charge in [-0.15, -0.1) is 0 Å². The van der Waals surface area contributed by atoms with Gasteiger partial charge in [-0.25, -0.2) is 0 Å². The lowest BCUT2D eigenvalue weighted by Gasteiger charge is -2.35. The molecule has 0 unspecified atom stereocenters. The van der Waals surface area contributed by atoms with Gasteiger partial charge in [0.15, 0.2) is 11.2 Å². The molecule has 3 aromatic carbocycles. The van der Waals surface area contributed by atoms with Crippen molar-refractivity contribution in [3.05, 3.63) is 105 Å². The number of rotatable bonds is 3. The van der Waals surface area contributed by atoms with Crippen molar-refractivity contribution in [2.45, 2.75) is 18.0 Å². The van der Waals surface area contributed by atoms with E-state index in [0.717, 1.165) is 21.3 Å². The number of benzene rings is 3. The first kappa shape index (κ1) is 21.5. The van der Waals surface area contributed by atoms with Gasteiger partial charge in [0.05, 0.1) is 18.2 Å². The van der Waals surface area contributed by atoms with Crippen molar-refractivity contribution >= 4 is 45.1 Å². The monoisotopic (exact) mass is 513 g/mol. The van der Waals surface area contributed by atoms with Crippen LogP contribution in [0.2, 0.25) is 5.02 Å². The number of nitrogens with zero attached hydrogens (tertiary/aromatic N) is 3. The Hall–Kier alpha value is -3.38. The van der Waals surface area contributed by atoms with E-state index in [2.05, 4.69) is 28.1 Å². The predicted molar refractivity (Wildman–Crippen MR) is 132 cm³/mol. The minimum Gasteiger partial charge on any atom is -0.351 e. The van der Waals surface area contributed by atoms with Crippen molar-refractivity contribution in [1.82, 2.24) is 0 Å². The third kappa shape index (κ3) is 3.28. The minimum absolute atomic E-state index is 0.140. The largest absolute Gasteiger partial charge is 0.351 e. The predicted octanol–water partition coefficient (Wildman–Crippen LogP) is 6.39. The van der Waals surface area contributed by atoms with Crippen LogP contribution in [0.25, 0.3) is 6.08 Å². The van der Waals surface area contributed by atoms with E-state index < -0.39 is 23.4 Å². The minimum atomic E-state index is -1.46. The summed E-state index contributed by atoms with van der Waals surface area (Å²) < 4.78 is 0.789. The number of hydrogen-bond acceptors (Lipinski definition) is 4. The molecule has 0 aliphatic carbocycles. The molecule has 0 N–H and O–H groups in total. The Morgan fingerprint density at radius 1 is 1.00 bits per heavy atom. The van der Waals surface area contributed by atoms with Gasteiger partial charge < -0.3 is 4.90 Å². The summed E-state index contributed by atoms with van der Waals surface area (Å²) in [5, 5.41) is 21.4. The average Bonchev–Trinajstić information content (AvgIpc) is 3.14. The number of carbonyl (C=O) groups is 1. The summed E-state index contributed by atoms with van der Waals surface area (Å²) in [6, 6.07) is 25.4. The Morgan fingerprint density at radius 3 is 2.45 bits per heavy atom. The van der Waals surface area contributed by atoms with Crippen molar-refractivity contribution in [3.63, 3.8) is 0 Å². The lowest BCUT2D eigenvalue weighted by molar-refractivity contribution is 0.0951. The number of nitriles is 2. The third-order valence-electron chi connectivity index (χ3n) is 6.50. The maximum atomic E-state index is 14.1. The van der Waals surface area contributed by atoms with E-state index in [9.17, 15) is 15.3 Å². The molecule has 2 heterocycles. The molecule has 160 valence electrons. The summed E-state index contributed by atoms with van der Waals surface area (Å²) in [4.78, 5) is 16.0. The molecule has 1 saturated heterocycles. The summed E-state index contributed by atoms with van der Waals surface area (Å²) in [7, 11) is 0. The van der Waals surface area contributed by atoms with Gasteiger partial charge in [-0.1, -0.05) is 82.1 Å². The van der Waals surface area contributed by atoms with Crippen molar-refractivity contribution in [3.8, 4) is 12.1 Å². The van der Waals surface area contributed by atoms with E-state index in [1.54, 1.807) is 18.2 Å². The molecule has 1 fully saturated rings. The van der Waals surface area contributed by atoms with Gasteiger partial charge in [0, 0.05) is 26.7 Å². The topological polar surface area (TPSA) is 67.9 Å². The van der Waals surface area contributed by atoms with Crippen molar-refractivity contribution in [2.24, 2.45) is 5.41 Å². The summed E-state index contributed by atoms with van der Waals surface area (Å²) in [5.74, 6) is -0.796. The van der Waals surface area contributed by atoms with Gasteiger partial charge in [-0.05, 0) is 41.5 Å².